The maximum atomic E-state index is 11.6. The molecule has 0 aromatic heterocycles. The molecule has 17 heavy (non-hydrogen) atoms. The SMILES string of the molecule is CCC(C)(C)NC(=O)NC(CCOC)C(=O)O. The first-order valence-electron chi connectivity index (χ1n) is 5.63. The summed E-state index contributed by atoms with van der Waals surface area (Å²) in [5, 5.41) is 14.0. The molecule has 0 aliphatic heterocycles. The van der Waals surface area contributed by atoms with Gasteiger partial charge in [0.25, 0.3) is 0 Å². The molecular weight excluding hydrogens is 224 g/mol. The van der Waals surface area contributed by atoms with Crippen molar-refractivity contribution < 1.29 is 19.4 Å². The normalized spacial score (nSPS) is 12.9. The van der Waals surface area contributed by atoms with Gasteiger partial charge in [-0.1, -0.05) is 6.92 Å². The van der Waals surface area contributed by atoms with Gasteiger partial charge in [-0.2, -0.15) is 0 Å². The average molecular weight is 246 g/mol. The summed E-state index contributed by atoms with van der Waals surface area (Å²) in [4.78, 5) is 22.4. The lowest BCUT2D eigenvalue weighted by Crippen LogP contribution is -2.52. The van der Waals surface area contributed by atoms with Crippen molar-refractivity contribution in [3.63, 3.8) is 0 Å². The molecule has 0 aromatic carbocycles. The number of carboxylic acids is 1. The van der Waals surface area contributed by atoms with Gasteiger partial charge in [0.15, 0.2) is 0 Å². The van der Waals surface area contributed by atoms with Crippen molar-refractivity contribution in [2.75, 3.05) is 13.7 Å². The standard InChI is InChI=1S/C11H22N2O4/c1-5-11(2,3)13-10(16)12-8(9(14)15)6-7-17-4/h8H,5-7H2,1-4H3,(H,14,15)(H2,12,13,16). The van der Waals surface area contributed by atoms with Crippen molar-refractivity contribution in [2.24, 2.45) is 0 Å². The molecule has 0 fully saturated rings. The Morgan fingerprint density at radius 1 is 1.41 bits per heavy atom. The van der Waals surface area contributed by atoms with Crippen LogP contribution in [0.25, 0.3) is 0 Å². The second kappa shape index (κ2) is 7.11. The van der Waals surface area contributed by atoms with Crippen LogP contribution >= 0.6 is 0 Å². The van der Waals surface area contributed by atoms with Gasteiger partial charge >= 0.3 is 12.0 Å². The Bertz CT molecular complexity index is 266. The Kier molecular flexibility index (Phi) is 6.57. The molecule has 0 saturated heterocycles. The van der Waals surface area contributed by atoms with Crippen LogP contribution in [0.3, 0.4) is 0 Å². The van der Waals surface area contributed by atoms with E-state index in [4.69, 9.17) is 9.84 Å². The number of urea groups is 1. The highest BCUT2D eigenvalue weighted by Crippen LogP contribution is 2.06. The van der Waals surface area contributed by atoms with Crippen LogP contribution in [0.15, 0.2) is 0 Å². The molecule has 6 nitrogen and oxygen atoms in total. The summed E-state index contributed by atoms with van der Waals surface area (Å²) in [5.41, 5.74) is -0.353. The number of hydrogen-bond donors (Lipinski definition) is 3. The fourth-order valence-corrected chi connectivity index (χ4v) is 1.08. The van der Waals surface area contributed by atoms with E-state index in [0.29, 0.717) is 0 Å². The number of ether oxygens (including phenoxy) is 1. The van der Waals surface area contributed by atoms with E-state index in [1.807, 2.05) is 20.8 Å². The maximum absolute atomic E-state index is 11.6. The molecule has 0 spiro atoms. The molecule has 0 heterocycles. The molecule has 1 atom stereocenters. The van der Waals surface area contributed by atoms with Crippen molar-refractivity contribution in [1.29, 1.82) is 0 Å². The first-order valence-corrected chi connectivity index (χ1v) is 5.63. The minimum Gasteiger partial charge on any atom is -0.480 e. The number of carbonyl (C=O) groups excluding carboxylic acids is 1. The Hall–Kier alpha value is -1.30. The van der Waals surface area contributed by atoms with E-state index in [1.165, 1.54) is 7.11 Å². The molecule has 2 amide bonds. The van der Waals surface area contributed by atoms with E-state index in [0.717, 1.165) is 6.42 Å². The van der Waals surface area contributed by atoms with Crippen LogP contribution in [0.5, 0.6) is 0 Å². The lowest BCUT2D eigenvalue weighted by atomic mass is 10.0. The van der Waals surface area contributed by atoms with E-state index < -0.39 is 18.0 Å². The maximum Gasteiger partial charge on any atom is 0.326 e. The molecule has 0 saturated carbocycles. The van der Waals surface area contributed by atoms with E-state index in [1.54, 1.807) is 0 Å². The van der Waals surface area contributed by atoms with Crippen LogP contribution in [0.2, 0.25) is 0 Å². The third-order valence-electron chi connectivity index (χ3n) is 2.55. The first-order chi connectivity index (χ1) is 7.82. The van der Waals surface area contributed by atoms with Crippen LogP contribution in [-0.2, 0) is 9.53 Å². The number of aliphatic carboxylic acids is 1. The van der Waals surface area contributed by atoms with Gasteiger partial charge in [0, 0.05) is 25.7 Å². The van der Waals surface area contributed by atoms with E-state index >= 15 is 0 Å². The molecule has 3 N–H and O–H groups in total. The zero-order chi connectivity index (χ0) is 13.5. The zero-order valence-electron chi connectivity index (χ0n) is 10.9. The summed E-state index contributed by atoms with van der Waals surface area (Å²) in [6, 6.07) is -1.40. The number of hydrogen-bond acceptors (Lipinski definition) is 3. The first kappa shape index (κ1) is 15.7. The van der Waals surface area contributed by atoms with Crippen molar-refractivity contribution in [1.82, 2.24) is 10.6 Å². The number of amides is 2. The second-order valence-electron chi connectivity index (χ2n) is 4.51. The third-order valence-corrected chi connectivity index (χ3v) is 2.55. The van der Waals surface area contributed by atoms with Gasteiger partial charge in [0.05, 0.1) is 0 Å². The van der Waals surface area contributed by atoms with E-state index in [2.05, 4.69) is 10.6 Å². The van der Waals surface area contributed by atoms with Crippen molar-refractivity contribution in [3.05, 3.63) is 0 Å². The summed E-state index contributed by atoms with van der Waals surface area (Å²) < 4.78 is 4.79. The average Bonchev–Trinajstić information content (AvgIpc) is 2.23. The molecule has 0 aliphatic carbocycles. The lowest BCUT2D eigenvalue weighted by Gasteiger charge is -2.25. The third kappa shape index (κ3) is 6.78. The fourth-order valence-electron chi connectivity index (χ4n) is 1.08. The second-order valence-corrected chi connectivity index (χ2v) is 4.51. The Morgan fingerprint density at radius 3 is 2.41 bits per heavy atom. The van der Waals surface area contributed by atoms with Gasteiger partial charge < -0.3 is 20.5 Å². The Morgan fingerprint density at radius 2 is 2.00 bits per heavy atom. The monoisotopic (exact) mass is 246 g/mol. The Labute approximate surface area is 102 Å². The fraction of sp³-hybridized carbons (Fsp3) is 0.818. The van der Waals surface area contributed by atoms with E-state index in [-0.39, 0.29) is 18.6 Å². The molecule has 1 unspecified atom stereocenters. The number of carbonyl (C=O) groups is 2. The highest BCUT2D eigenvalue weighted by atomic mass is 16.5. The number of rotatable bonds is 7. The molecule has 6 heteroatoms. The summed E-state index contributed by atoms with van der Waals surface area (Å²) in [7, 11) is 1.49. The number of methoxy groups -OCH3 is 1. The Balaban J connectivity index is 4.26. The predicted molar refractivity (Wildman–Crippen MR) is 64.0 cm³/mol. The van der Waals surface area contributed by atoms with Gasteiger partial charge in [-0.3, -0.25) is 0 Å². The smallest absolute Gasteiger partial charge is 0.326 e. The summed E-state index contributed by atoms with van der Waals surface area (Å²) in [6.45, 7) is 5.98. The van der Waals surface area contributed by atoms with E-state index in [9.17, 15) is 9.59 Å². The number of nitrogens with one attached hydrogen (secondary N) is 2. The van der Waals surface area contributed by atoms with Crippen LogP contribution in [0.4, 0.5) is 4.79 Å². The van der Waals surface area contributed by atoms with Crippen LogP contribution in [0.1, 0.15) is 33.6 Å². The molecule has 0 bridgehead atoms. The largest absolute Gasteiger partial charge is 0.480 e. The van der Waals surface area contributed by atoms with Crippen molar-refractivity contribution in [2.45, 2.75) is 45.2 Å². The lowest BCUT2D eigenvalue weighted by molar-refractivity contribution is -0.139. The van der Waals surface area contributed by atoms with Crippen LogP contribution in [0, 0.1) is 0 Å². The van der Waals surface area contributed by atoms with Crippen LogP contribution < -0.4 is 10.6 Å². The topological polar surface area (TPSA) is 87.7 Å². The zero-order valence-corrected chi connectivity index (χ0v) is 10.9. The highest BCUT2D eigenvalue weighted by Gasteiger charge is 2.23. The minimum atomic E-state index is -1.06. The van der Waals surface area contributed by atoms with Gasteiger partial charge in [0.2, 0.25) is 0 Å². The number of carboxylic acid groups (broad SMARTS) is 1. The molecule has 0 rings (SSSR count). The molecule has 0 aromatic rings. The van der Waals surface area contributed by atoms with Gasteiger partial charge in [0.1, 0.15) is 6.04 Å². The van der Waals surface area contributed by atoms with Crippen LogP contribution in [-0.4, -0.2) is 42.4 Å². The summed E-state index contributed by atoms with van der Waals surface area (Å²) in [6.07, 6.45) is 1.00. The quantitative estimate of drug-likeness (QED) is 0.624. The predicted octanol–water partition coefficient (Wildman–Crippen LogP) is 0.964. The summed E-state index contributed by atoms with van der Waals surface area (Å²) >= 11 is 0. The van der Waals surface area contributed by atoms with Gasteiger partial charge in [-0.05, 0) is 20.3 Å². The molecular formula is C11H22N2O4. The molecule has 0 radical (unpaired) electrons. The summed E-state index contributed by atoms with van der Waals surface area (Å²) in [5.74, 6) is -1.06. The van der Waals surface area contributed by atoms with Crippen molar-refractivity contribution >= 4 is 12.0 Å². The van der Waals surface area contributed by atoms with Crippen molar-refractivity contribution in [3.8, 4) is 0 Å². The molecule has 0 aliphatic rings. The van der Waals surface area contributed by atoms with Gasteiger partial charge in [-0.25, -0.2) is 9.59 Å². The van der Waals surface area contributed by atoms with Gasteiger partial charge in [-0.15, -0.1) is 0 Å². The minimum absolute atomic E-state index is 0.242. The molecule has 100 valence electrons. The highest BCUT2D eigenvalue weighted by molar-refractivity contribution is 5.82.